The molecule has 1 unspecified atom stereocenters. The first-order valence-corrected chi connectivity index (χ1v) is 10.4. The zero-order chi connectivity index (χ0) is 20.4. The maximum Gasteiger partial charge on any atom is 0.287 e. The molecule has 0 bridgehead atoms. The summed E-state index contributed by atoms with van der Waals surface area (Å²) < 4.78 is 8.27. The Kier molecular flexibility index (Phi) is 5.58. The van der Waals surface area contributed by atoms with E-state index in [9.17, 15) is 4.79 Å². The van der Waals surface area contributed by atoms with Crippen LogP contribution in [0.2, 0.25) is 0 Å². The molecule has 5 heteroatoms. The number of amides is 1. The Hall–Kier alpha value is -2.79. The van der Waals surface area contributed by atoms with E-state index in [1.165, 1.54) is 21.7 Å². The molecule has 29 heavy (non-hydrogen) atoms. The molecule has 5 nitrogen and oxygen atoms in total. The van der Waals surface area contributed by atoms with Crippen molar-refractivity contribution in [2.75, 3.05) is 13.1 Å². The second kappa shape index (κ2) is 8.29. The fourth-order valence-corrected chi connectivity index (χ4v) is 4.16. The molecule has 0 aliphatic carbocycles. The Balaban J connectivity index is 1.55. The number of hydrogen-bond acceptors (Lipinski definition) is 2. The van der Waals surface area contributed by atoms with Crippen LogP contribution in [0.4, 0.5) is 0 Å². The highest BCUT2D eigenvalue weighted by molar-refractivity contribution is 5.91. The first-order valence-electron chi connectivity index (χ1n) is 10.4. The van der Waals surface area contributed by atoms with Crippen molar-refractivity contribution < 1.29 is 14.1 Å². The molecule has 2 N–H and O–H groups in total. The molecule has 0 spiro atoms. The fourth-order valence-electron chi connectivity index (χ4n) is 4.16. The molecule has 3 aromatic rings. The fraction of sp³-hybridized carbons (Fsp3) is 0.375. The van der Waals surface area contributed by atoms with E-state index in [1.807, 2.05) is 6.07 Å². The van der Waals surface area contributed by atoms with Crippen LogP contribution in [0.5, 0.6) is 0 Å². The van der Waals surface area contributed by atoms with Crippen LogP contribution in [0.25, 0.3) is 0 Å². The molecule has 1 aliphatic heterocycles. The Morgan fingerprint density at radius 3 is 2.90 bits per heavy atom. The predicted octanol–water partition coefficient (Wildman–Crippen LogP) is 2.96. The van der Waals surface area contributed by atoms with Gasteiger partial charge in [0, 0.05) is 18.3 Å². The van der Waals surface area contributed by atoms with Crippen LogP contribution in [0.3, 0.4) is 0 Å². The van der Waals surface area contributed by atoms with Crippen molar-refractivity contribution in [1.82, 2.24) is 9.88 Å². The van der Waals surface area contributed by atoms with E-state index < -0.39 is 0 Å². The summed E-state index contributed by atoms with van der Waals surface area (Å²) in [5.41, 5.74) is 3.92. The topological polar surface area (TPSA) is 51.6 Å². The summed E-state index contributed by atoms with van der Waals surface area (Å²) >= 11 is 0. The largest absolute Gasteiger partial charge is 0.450 e. The molecular weight excluding hydrogens is 362 g/mol. The normalized spacial score (nSPS) is 18.6. The molecule has 1 amide bonds. The third-order valence-electron chi connectivity index (χ3n) is 5.58. The van der Waals surface area contributed by atoms with Gasteiger partial charge in [-0.25, -0.2) is 0 Å². The number of nitrogens with one attached hydrogen (secondary N) is 2. The predicted molar refractivity (Wildman–Crippen MR) is 113 cm³/mol. The highest BCUT2D eigenvalue weighted by Gasteiger charge is 2.33. The monoisotopic (exact) mass is 392 g/mol. The van der Waals surface area contributed by atoms with Crippen LogP contribution >= 0.6 is 0 Å². The van der Waals surface area contributed by atoms with Gasteiger partial charge in [0.2, 0.25) is 0 Å². The molecule has 4 rings (SSSR count). The van der Waals surface area contributed by atoms with Gasteiger partial charge in [-0.3, -0.25) is 4.79 Å². The van der Waals surface area contributed by atoms with Crippen molar-refractivity contribution in [3.8, 4) is 0 Å². The molecule has 0 saturated carbocycles. The average molecular weight is 393 g/mol. The van der Waals surface area contributed by atoms with Crippen molar-refractivity contribution in [2.45, 2.75) is 39.9 Å². The number of carbonyl (C=O) groups excluding carboxylic acids is 1. The molecule has 2 aromatic heterocycles. The Labute approximate surface area is 172 Å². The van der Waals surface area contributed by atoms with E-state index in [0.29, 0.717) is 18.2 Å². The van der Waals surface area contributed by atoms with E-state index in [2.05, 4.69) is 73.3 Å². The van der Waals surface area contributed by atoms with E-state index in [1.54, 1.807) is 6.07 Å². The summed E-state index contributed by atoms with van der Waals surface area (Å²) in [4.78, 5) is 13.7. The first kappa shape index (κ1) is 19.5. The summed E-state index contributed by atoms with van der Waals surface area (Å²) in [6, 6.07) is 17.1. The van der Waals surface area contributed by atoms with Gasteiger partial charge >= 0.3 is 0 Å². The van der Waals surface area contributed by atoms with Crippen molar-refractivity contribution in [1.29, 1.82) is 0 Å². The summed E-state index contributed by atoms with van der Waals surface area (Å²) in [6.45, 7) is 9.70. The maximum atomic E-state index is 12.3. The number of nitrogens with zero attached hydrogens (tertiary/aromatic N) is 1. The lowest BCUT2D eigenvalue weighted by atomic mass is 9.98. The summed E-state index contributed by atoms with van der Waals surface area (Å²) in [7, 11) is 0. The molecule has 0 saturated heterocycles. The Morgan fingerprint density at radius 2 is 2.10 bits per heavy atom. The third kappa shape index (κ3) is 4.30. The number of quaternary nitrogens is 1. The highest BCUT2D eigenvalue weighted by atomic mass is 16.4. The summed E-state index contributed by atoms with van der Waals surface area (Å²) in [6.07, 6.45) is 2.17. The van der Waals surface area contributed by atoms with E-state index in [-0.39, 0.29) is 11.9 Å². The van der Waals surface area contributed by atoms with E-state index >= 15 is 0 Å². The van der Waals surface area contributed by atoms with E-state index in [0.717, 1.165) is 25.4 Å². The van der Waals surface area contributed by atoms with Crippen LogP contribution in [0.1, 0.15) is 53.0 Å². The molecule has 2 atom stereocenters. The SMILES string of the molecule is Cc1cccc([C@H]2c3cccn3CC[NH+]2Cc2ccc(C(=O)NCC(C)C)o2)c1. The van der Waals surface area contributed by atoms with Gasteiger partial charge in [-0.15, -0.1) is 0 Å². The number of carbonyl (C=O) groups is 1. The second-order valence-corrected chi connectivity index (χ2v) is 8.43. The quantitative estimate of drug-likeness (QED) is 0.678. The number of hydrogen-bond donors (Lipinski definition) is 2. The van der Waals surface area contributed by atoms with Gasteiger partial charge < -0.3 is 19.2 Å². The summed E-state index contributed by atoms with van der Waals surface area (Å²) in [5.74, 6) is 1.53. The van der Waals surface area contributed by atoms with Crippen molar-refractivity contribution in [2.24, 2.45) is 5.92 Å². The van der Waals surface area contributed by atoms with Crippen LogP contribution in [0, 0.1) is 12.8 Å². The van der Waals surface area contributed by atoms with Gasteiger partial charge in [0.25, 0.3) is 5.91 Å². The summed E-state index contributed by atoms with van der Waals surface area (Å²) in [5, 5.41) is 2.92. The first-order chi connectivity index (χ1) is 14.0. The number of fused-ring (bicyclic) bond motifs is 1. The molecule has 152 valence electrons. The third-order valence-corrected chi connectivity index (χ3v) is 5.58. The minimum atomic E-state index is -0.136. The molecule has 1 aromatic carbocycles. The minimum Gasteiger partial charge on any atom is -0.450 e. The molecular formula is C24H30N3O2+. The number of furan rings is 1. The molecule has 0 radical (unpaired) electrons. The van der Waals surface area contributed by atoms with Gasteiger partial charge in [-0.05, 0) is 43.2 Å². The van der Waals surface area contributed by atoms with Crippen molar-refractivity contribution >= 4 is 5.91 Å². The van der Waals surface area contributed by atoms with Crippen LogP contribution in [0.15, 0.2) is 59.1 Å². The average Bonchev–Trinajstić information content (AvgIpc) is 3.35. The lowest BCUT2D eigenvalue weighted by Gasteiger charge is -2.34. The number of rotatable bonds is 6. The number of aromatic nitrogens is 1. The molecule has 3 heterocycles. The lowest BCUT2D eigenvalue weighted by Crippen LogP contribution is -3.12. The van der Waals surface area contributed by atoms with Gasteiger partial charge in [0.1, 0.15) is 6.54 Å². The van der Waals surface area contributed by atoms with Gasteiger partial charge in [0.15, 0.2) is 17.6 Å². The van der Waals surface area contributed by atoms with Gasteiger partial charge in [-0.2, -0.15) is 0 Å². The Morgan fingerprint density at radius 1 is 1.24 bits per heavy atom. The number of aryl methyl sites for hydroxylation is 1. The van der Waals surface area contributed by atoms with Crippen LogP contribution < -0.4 is 10.2 Å². The lowest BCUT2D eigenvalue weighted by molar-refractivity contribution is -0.944. The van der Waals surface area contributed by atoms with Crippen LogP contribution in [-0.4, -0.2) is 23.6 Å². The standard InChI is InChI=1S/C24H29N3O2/c1-17(2)15-25-24(28)22-10-9-20(29-22)16-27-13-12-26-11-5-8-21(26)23(27)19-7-4-6-18(3)14-19/h4-11,14,17,23H,12-13,15-16H2,1-3H3,(H,25,28)/p+1/t23-/m0/s1. The zero-order valence-electron chi connectivity index (χ0n) is 17.4. The maximum absolute atomic E-state index is 12.3. The van der Waals surface area contributed by atoms with E-state index in [4.69, 9.17) is 4.42 Å². The van der Waals surface area contributed by atoms with Crippen molar-refractivity contribution in [3.63, 3.8) is 0 Å². The highest BCUT2D eigenvalue weighted by Crippen LogP contribution is 2.23. The van der Waals surface area contributed by atoms with Gasteiger partial charge in [-0.1, -0.05) is 37.6 Å². The Bertz CT molecular complexity index is 985. The minimum absolute atomic E-state index is 0.136. The zero-order valence-corrected chi connectivity index (χ0v) is 17.4. The smallest absolute Gasteiger partial charge is 0.287 e. The second-order valence-electron chi connectivity index (χ2n) is 8.43. The molecule has 1 aliphatic rings. The number of benzene rings is 1. The molecule has 0 fully saturated rings. The van der Waals surface area contributed by atoms with Crippen molar-refractivity contribution in [3.05, 3.63) is 83.1 Å². The van der Waals surface area contributed by atoms with Gasteiger partial charge in [0.05, 0.1) is 18.8 Å². The van der Waals surface area contributed by atoms with Crippen LogP contribution in [-0.2, 0) is 13.1 Å².